The lowest BCUT2D eigenvalue weighted by atomic mass is 10.1. The molecule has 0 bridgehead atoms. The Bertz CT molecular complexity index is 1150. The first kappa shape index (κ1) is 16.2. The van der Waals surface area contributed by atoms with Gasteiger partial charge in [0.15, 0.2) is 5.43 Å². The fraction of sp³-hybridized carbons (Fsp3) is 0. The van der Waals surface area contributed by atoms with Crippen LogP contribution in [0.1, 0.15) is 9.67 Å². The Morgan fingerprint density at radius 2 is 1.85 bits per heavy atom. The average molecular weight is 365 g/mol. The molecule has 1 N–H and O–H groups in total. The van der Waals surface area contributed by atoms with Crippen LogP contribution in [0.15, 0.2) is 75.3 Å². The van der Waals surface area contributed by atoms with E-state index in [-0.39, 0.29) is 17.2 Å². The molecule has 26 heavy (non-hydrogen) atoms. The van der Waals surface area contributed by atoms with Crippen LogP contribution in [0.2, 0.25) is 0 Å². The van der Waals surface area contributed by atoms with E-state index in [4.69, 9.17) is 4.42 Å². The van der Waals surface area contributed by atoms with Crippen LogP contribution in [0.25, 0.3) is 22.3 Å². The van der Waals surface area contributed by atoms with Crippen LogP contribution in [-0.2, 0) is 0 Å². The second-order valence-corrected chi connectivity index (χ2v) is 6.57. The molecule has 4 aromatic rings. The molecule has 0 fully saturated rings. The molecule has 1 amide bonds. The summed E-state index contributed by atoms with van der Waals surface area (Å²) in [6.07, 6.45) is 0. The van der Waals surface area contributed by atoms with Gasteiger partial charge in [0.2, 0.25) is 0 Å². The highest BCUT2D eigenvalue weighted by Gasteiger charge is 2.11. The molecule has 0 spiro atoms. The summed E-state index contributed by atoms with van der Waals surface area (Å²) in [7, 11) is 0. The van der Waals surface area contributed by atoms with Crippen molar-refractivity contribution in [1.29, 1.82) is 0 Å². The van der Waals surface area contributed by atoms with Crippen LogP contribution >= 0.6 is 11.3 Å². The zero-order valence-electron chi connectivity index (χ0n) is 13.4. The summed E-state index contributed by atoms with van der Waals surface area (Å²) in [5, 5.41) is 4.95. The monoisotopic (exact) mass is 365 g/mol. The summed E-state index contributed by atoms with van der Waals surface area (Å²) in [4.78, 5) is 25.2. The second-order valence-electron chi connectivity index (χ2n) is 5.62. The lowest BCUT2D eigenvalue weighted by Gasteiger charge is -2.06. The molecule has 6 heteroatoms. The van der Waals surface area contributed by atoms with Gasteiger partial charge in [0.25, 0.3) is 5.91 Å². The fourth-order valence-corrected chi connectivity index (χ4v) is 3.21. The molecule has 2 aromatic carbocycles. The molecular weight excluding hydrogens is 353 g/mol. The Morgan fingerprint density at radius 3 is 2.58 bits per heavy atom. The van der Waals surface area contributed by atoms with Gasteiger partial charge < -0.3 is 9.73 Å². The van der Waals surface area contributed by atoms with Crippen LogP contribution in [0, 0.1) is 5.82 Å². The van der Waals surface area contributed by atoms with Crippen LogP contribution < -0.4 is 10.7 Å². The fourth-order valence-electron chi connectivity index (χ4n) is 2.59. The number of carbonyl (C=O) groups excluding carboxylic acids is 1. The van der Waals surface area contributed by atoms with Crippen LogP contribution in [-0.4, -0.2) is 5.91 Å². The minimum atomic E-state index is -0.358. The van der Waals surface area contributed by atoms with Gasteiger partial charge in [-0.2, -0.15) is 0 Å². The van der Waals surface area contributed by atoms with E-state index in [1.165, 1.54) is 29.5 Å². The molecule has 0 aliphatic heterocycles. The summed E-state index contributed by atoms with van der Waals surface area (Å²) >= 11 is 1.34. The summed E-state index contributed by atoms with van der Waals surface area (Å²) in [5.74, 6) is -0.229. The third-order valence-electron chi connectivity index (χ3n) is 3.86. The first-order valence-electron chi connectivity index (χ1n) is 7.79. The number of thiophene rings is 1. The van der Waals surface area contributed by atoms with Gasteiger partial charge >= 0.3 is 0 Å². The maximum Gasteiger partial charge on any atom is 0.265 e. The van der Waals surface area contributed by atoms with Crippen molar-refractivity contribution in [3.8, 4) is 11.3 Å². The van der Waals surface area contributed by atoms with Crippen LogP contribution in [0.5, 0.6) is 0 Å². The lowest BCUT2D eigenvalue weighted by molar-refractivity contribution is 0.103. The maximum atomic E-state index is 13.1. The van der Waals surface area contributed by atoms with Crippen molar-refractivity contribution in [2.45, 2.75) is 0 Å². The molecule has 0 radical (unpaired) electrons. The van der Waals surface area contributed by atoms with Gasteiger partial charge in [0.1, 0.15) is 17.2 Å². The number of benzene rings is 2. The minimum Gasteiger partial charge on any atom is -0.456 e. The standard InChI is InChI=1S/C20H12FNO3S/c21-13-5-3-12(4-6-13)18-11-16(23)15-10-14(7-8-17(15)25-18)22-20(24)19-2-1-9-26-19/h1-11H,(H,22,24). The molecule has 0 aliphatic rings. The number of hydrogen-bond acceptors (Lipinski definition) is 4. The topological polar surface area (TPSA) is 59.3 Å². The SMILES string of the molecule is O=C(Nc1ccc2oc(-c3ccc(F)cc3)cc(=O)c2c1)c1cccs1. The van der Waals surface area contributed by atoms with E-state index in [1.807, 2.05) is 5.38 Å². The molecule has 0 saturated heterocycles. The van der Waals surface area contributed by atoms with Gasteiger partial charge in [-0.05, 0) is 53.9 Å². The number of carbonyl (C=O) groups is 1. The van der Waals surface area contributed by atoms with Gasteiger partial charge in [-0.3, -0.25) is 9.59 Å². The summed E-state index contributed by atoms with van der Waals surface area (Å²) < 4.78 is 18.8. The largest absolute Gasteiger partial charge is 0.456 e. The smallest absolute Gasteiger partial charge is 0.265 e. The predicted molar refractivity (Wildman–Crippen MR) is 100 cm³/mol. The number of anilines is 1. The highest BCUT2D eigenvalue weighted by Crippen LogP contribution is 2.24. The van der Waals surface area contributed by atoms with Crippen molar-refractivity contribution in [3.05, 3.63) is 87.0 Å². The zero-order valence-corrected chi connectivity index (χ0v) is 14.2. The van der Waals surface area contributed by atoms with Gasteiger partial charge in [-0.15, -0.1) is 11.3 Å². The quantitative estimate of drug-likeness (QED) is 0.561. The van der Waals surface area contributed by atoms with E-state index >= 15 is 0 Å². The Hall–Kier alpha value is -3.25. The highest BCUT2D eigenvalue weighted by atomic mass is 32.1. The number of fused-ring (bicyclic) bond motifs is 1. The molecule has 2 aromatic heterocycles. The van der Waals surface area contributed by atoms with Crippen molar-refractivity contribution in [3.63, 3.8) is 0 Å². The van der Waals surface area contributed by atoms with E-state index in [0.29, 0.717) is 32.9 Å². The minimum absolute atomic E-state index is 0.230. The molecule has 0 saturated carbocycles. The van der Waals surface area contributed by atoms with Gasteiger partial charge in [0.05, 0.1) is 10.3 Å². The van der Waals surface area contributed by atoms with E-state index < -0.39 is 0 Å². The number of halogens is 1. The molecule has 128 valence electrons. The van der Waals surface area contributed by atoms with Crippen molar-refractivity contribution in [1.82, 2.24) is 0 Å². The zero-order chi connectivity index (χ0) is 18.1. The van der Waals surface area contributed by atoms with E-state index in [0.717, 1.165) is 0 Å². The van der Waals surface area contributed by atoms with E-state index in [9.17, 15) is 14.0 Å². The molecule has 2 heterocycles. The highest BCUT2D eigenvalue weighted by molar-refractivity contribution is 7.12. The van der Waals surface area contributed by atoms with Crippen molar-refractivity contribution >= 4 is 33.9 Å². The number of nitrogens with one attached hydrogen (secondary N) is 1. The van der Waals surface area contributed by atoms with Crippen molar-refractivity contribution in [2.24, 2.45) is 0 Å². The molecule has 0 unspecified atom stereocenters. The summed E-state index contributed by atoms with van der Waals surface area (Å²) in [6.45, 7) is 0. The van der Waals surface area contributed by atoms with E-state index in [1.54, 1.807) is 42.5 Å². The second kappa shape index (κ2) is 6.57. The van der Waals surface area contributed by atoms with Crippen molar-refractivity contribution < 1.29 is 13.6 Å². The Balaban J connectivity index is 1.70. The molecule has 0 atom stereocenters. The van der Waals surface area contributed by atoms with Gasteiger partial charge in [-0.25, -0.2) is 4.39 Å². The summed E-state index contributed by atoms with van der Waals surface area (Å²) in [6, 6.07) is 15.5. The van der Waals surface area contributed by atoms with Gasteiger partial charge in [-0.1, -0.05) is 6.07 Å². The predicted octanol–water partition coefficient (Wildman–Crippen LogP) is 4.91. The number of amides is 1. The first-order valence-corrected chi connectivity index (χ1v) is 8.67. The normalized spacial score (nSPS) is 10.8. The molecule has 0 aliphatic carbocycles. The van der Waals surface area contributed by atoms with Crippen LogP contribution in [0.4, 0.5) is 10.1 Å². The van der Waals surface area contributed by atoms with Crippen LogP contribution in [0.3, 0.4) is 0 Å². The summed E-state index contributed by atoms with van der Waals surface area (Å²) in [5.41, 5.74) is 1.28. The lowest BCUT2D eigenvalue weighted by Crippen LogP contribution is -2.10. The average Bonchev–Trinajstić information content (AvgIpc) is 3.17. The molecule has 4 nitrogen and oxygen atoms in total. The third kappa shape index (κ3) is 3.14. The van der Waals surface area contributed by atoms with E-state index in [2.05, 4.69) is 5.32 Å². The Labute approximate surface area is 151 Å². The third-order valence-corrected chi connectivity index (χ3v) is 4.73. The van der Waals surface area contributed by atoms with Gasteiger partial charge in [0, 0.05) is 17.3 Å². The van der Waals surface area contributed by atoms with Crippen molar-refractivity contribution in [2.75, 3.05) is 5.32 Å². The first-order chi connectivity index (χ1) is 12.6. The number of rotatable bonds is 3. The number of hydrogen-bond donors (Lipinski definition) is 1. The maximum absolute atomic E-state index is 13.1. The molecule has 4 rings (SSSR count). The molecular formula is C20H12FNO3S. The Kier molecular flexibility index (Phi) is 4.10. The Morgan fingerprint density at radius 1 is 1.04 bits per heavy atom.